The molecule has 11 heavy (non-hydrogen) atoms. The summed E-state index contributed by atoms with van der Waals surface area (Å²) in [6, 6.07) is -0.0625. The molecule has 1 N–H and O–H groups in total. The lowest BCUT2D eigenvalue weighted by Crippen LogP contribution is -2.29. The number of hydrogen-bond acceptors (Lipinski definition) is 2. The van der Waals surface area contributed by atoms with Gasteiger partial charge in [0.15, 0.2) is 0 Å². The van der Waals surface area contributed by atoms with E-state index in [0.29, 0.717) is 0 Å². The molecule has 0 aliphatic carbocycles. The van der Waals surface area contributed by atoms with Crippen LogP contribution in [-0.4, -0.2) is 35.1 Å². The van der Waals surface area contributed by atoms with Crippen molar-refractivity contribution in [2.24, 2.45) is 5.92 Å². The van der Waals surface area contributed by atoms with Crippen LogP contribution >= 0.6 is 0 Å². The lowest BCUT2D eigenvalue weighted by atomic mass is 10.00. The second-order valence-electron chi connectivity index (χ2n) is 3.24. The molecule has 2 rings (SSSR count). The summed E-state index contributed by atoms with van der Waals surface area (Å²) in [4.78, 5) is 13.1. The Hall–Kier alpha value is -0.570. The van der Waals surface area contributed by atoms with Crippen molar-refractivity contribution >= 4 is 5.91 Å². The van der Waals surface area contributed by atoms with Crippen molar-refractivity contribution in [1.82, 2.24) is 4.90 Å². The van der Waals surface area contributed by atoms with Crippen molar-refractivity contribution < 1.29 is 12.6 Å². The van der Waals surface area contributed by atoms with Gasteiger partial charge in [-0.05, 0) is 12.8 Å². The van der Waals surface area contributed by atoms with Crippen LogP contribution in [-0.2, 0) is 4.79 Å². The summed E-state index contributed by atoms with van der Waals surface area (Å²) in [7, 11) is 0. The highest BCUT2D eigenvalue weighted by molar-refractivity contribution is 5.79. The topological polar surface area (TPSA) is 40.5 Å². The molecule has 0 spiro atoms. The number of nitrogens with zero attached hydrogens (tertiary/aromatic N) is 1. The molecule has 0 aromatic carbocycles. The third kappa shape index (κ3) is 0.948. The highest BCUT2D eigenvalue weighted by Gasteiger charge is 2.41. The van der Waals surface area contributed by atoms with Gasteiger partial charge in [-0.25, -0.2) is 0 Å². The summed E-state index contributed by atoms with van der Waals surface area (Å²) < 4.78 is 14.4. The first-order chi connectivity index (χ1) is 6.00. The summed E-state index contributed by atoms with van der Waals surface area (Å²) in [6.07, 6.45) is 1.92. The maximum Gasteiger partial charge on any atom is 0.223 e. The first-order valence-electron chi connectivity index (χ1n) is 5.02. The summed E-state index contributed by atoms with van der Waals surface area (Å²) in [5.41, 5.74) is 0. The maximum absolute atomic E-state index is 11.4. The van der Waals surface area contributed by atoms with Gasteiger partial charge in [-0.15, -0.1) is 0 Å². The quantitative estimate of drug-likeness (QED) is 0.581. The van der Waals surface area contributed by atoms with E-state index in [-0.39, 0.29) is 18.4 Å². The predicted octanol–water partition coefficient (Wildman–Crippen LogP) is -0.0104. The number of rotatable bonds is 1. The molecule has 3 heteroatoms. The molecule has 0 aromatic heterocycles. The zero-order valence-electron chi connectivity index (χ0n) is 8.29. The third-order valence-electron chi connectivity index (χ3n) is 2.64. The SMILES string of the molecule is [2H]C([2H])(O)C1CC(=O)N2CCCC12. The van der Waals surface area contributed by atoms with E-state index in [0.717, 1.165) is 19.4 Å². The lowest BCUT2D eigenvalue weighted by molar-refractivity contribution is -0.127. The Balaban J connectivity index is 2.20. The van der Waals surface area contributed by atoms with E-state index in [9.17, 15) is 9.90 Å². The van der Waals surface area contributed by atoms with Crippen molar-refractivity contribution in [2.75, 3.05) is 13.1 Å². The van der Waals surface area contributed by atoms with Crippen LogP contribution in [0.25, 0.3) is 0 Å². The van der Waals surface area contributed by atoms with Gasteiger partial charge in [0.2, 0.25) is 5.91 Å². The zero-order chi connectivity index (χ0) is 9.64. The number of aliphatic hydroxyl groups is 1. The van der Waals surface area contributed by atoms with Crippen LogP contribution < -0.4 is 0 Å². The average molecular weight is 157 g/mol. The maximum atomic E-state index is 11.4. The Labute approximate surface area is 68.8 Å². The highest BCUT2D eigenvalue weighted by atomic mass is 16.3. The van der Waals surface area contributed by atoms with Crippen LogP contribution in [0.1, 0.15) is 22.0 Å². The van der Waals surface area contributed by atoms with E-state index in [4.69, 9.17) is 2.74 Å². The van der Waals surface area contributed by atoms with Gasteiger partial charge in [-0.1, -0.05) is 0 Å². The Morgan fingerprint density at radius 1 is 1.82 bits per heavy atom. The Bertz CT molecular complexity index is 239. The fraction of sp³-hybridized carbons (Fsp3) is 0.875. The largest absolute Gasteiger partial charge is 0.396 e. The van der Waals surface area contributed by atoms with Gasteiger partial charge >= 0.3 is 0 Å². The van der Waals surface area contributed by atoms with Crippen molar-refractivity contribution in [3.63, 3.8) is 0 Å². The summed E-state index contributed by atoms with van der Waals surface area (Å²) in [5, 5.41) is 9.24. The van der Waals surface area contributed by atoms with Crippen LogP contribution in [0, 0.1) is 5.92 Å². The molecule has 62 valence electrons. The molecule has 1 amide bonds. The Morgan fingerprint density at radius 2 is 2.64 bits per heavy atom. The molecule has 2 heterocycles. The number of carbonyl (C=O) groups is 1. The van der Waals surface area contributed by atoms with Gasteiger partial charge in [0.1, 0.15) is 0 Å². The second-order valence-corrected chi connectivity index (χ2v) is 3.24. The minimum atomic E-state index is -2.21. The van der Waals surface area contributed by atoms with Gasteiger partial charge < -0.3 is 10.0 Å². The van der Waals surface area contributed by atoms with Gasteiger partial charge in [0.05, 0.1) is 2.74 Å². The predicted molar refractivity (Wildman–Crippen MR) is 39.9 cm³/mol. The molecular weight excluding hydrogens is 142 g/mol. The van der Waals surface area contributed by atoms with Crippen LogP contribution in [0.15, 0.2) is 0 Å². The molecule has 0 radical (unpaired) electrons. The molecule has 2 fully saturated rings. The normalized spacial score (nSPS) is 40.5. The molecule has 0 saturated carbocycles. The molecule has 2 saturated heterocycles. The van der Waals surface area contributed by atoms with E-state index in [2.05, 4.69) is 0 Å². The van der Waals surface area contributed by atoms with Crippen molar-refractivity contribution in [3.05, 3.63) is 0 Å². The van der Waals surface area contributed by atoms with E-state index in [1.807, 2.05) is 0 Å². The smallest absolute Gasteiger partial charge is 0.223 e. The van der Waals surface area contributed by atoms with Gasteiger partial charge in [-0.2, -0.15) is 0 Å². The van der Waals surface area contributed by atoms with Gasteiger partial charge in [0.25, 0.3) is 0 Å². The Morgan fingerprint density at radius 3 is 3.36 bits per heavy atom. The van der Waals surface area contributed by atoms with E-state index >= 15 is 0 Å². The number of amides is 1. The number of hydrogen-bond donors (Lipinski definition) is 1. The molecule has 2 atom stereocenters. The van der Waals surface area contributed by atoms with Crippen molar-refractivity contribution in [2.45, 2.75) is 25.3 Å². The fourth-order valence-electron chi connectivity index (χ4n) is 2.09. The zero-order valence-corrected chi connectivity index (χ0v) is 6.29. The summed E-state index contributed by atoms with van der Waals surface area (Å²) in [6.45, 7) is -1.48. The highest BCUT2D eigenvalue weighted by Crippen LogP contribution is 2.32. The van der Waals surface area contributed by atoms with Crippen molar-refractivity contribution in [3.8, 4) is 0 Å². The number of fused-ring (bicyclic) bond motifs is 1. The minimum Gasteiger partial charge on any atom is -0.396 e. The molecule has 0 aromatic rings. The first kappa shape index (κ1) is 5.14. The number of carbonyl (C=O) groups excluding carboxylic acids is 1. The van der Waals surface area contributed by atoms with E-state index in [1.54, 1.807) is 4.90 Å². The molecule has 2 unspecified atom stereocenters. The Kier molecular flexibility index (Phi) is 1.16. The fourth-order valence-corrected chi connectivity index (χ4v) is 2.09. The molecular formula is C8H13NO2. The second kappa shape index (κ2) is 2.48. The summed E-state index contributed by atoms with van der Waals surface area (Å²) in [5.74, 6) is -0.534. The van der Waals surface area contributed by atoms with Gasteiger partial charge in [0, 0.05) is 31.5 Å². The van der Waals surface area contributed by atoms with E-state index in [1.165, 1.54) is 0 Å². The van der Waals surface area contributed by atoms with Crippen LogP contribution in [0.3, 0.4) is 0 Å². The first-order valence-corrected chi connectivity index (χ1v) is 4.02. The minimum absolute atomic E-state index is 0.00887. The lowest BCUT2D eigenvalue weighted by Gasteiger charge is -2.17. The monoisotopic (exact) mass is 157 g/mol. The van der Waals surface area contributed by atoms with Gasteiger partial charge in [-0.3, -0.25) is 4.79 Å². The van der Waals surface area contributed by atoms with E-state index < -0.39 is 12.5 Å². The third-order valence-corrected chi connectivity index (χ3v) is 2.64. The molecule has 2 aliphatic rings. The molecule has 3 nitrogen and oxygen atoms in total. The van der Waals surface area contributed by atoms with Crippen LogP contribution in [0.4, 0.5) is 0 Å². The standard InChI is InChI=1S/C8H13NO2/c10-5-6-4-8(11)9-3-1-2-7(6)9/h6-7,10H,1-5H2/i5D2. The summed E-state index contributed by atoms with van der Waals surface area (Å²) >= 11 is 0. The van der Waals surface area contributed by atoms with Crippen LogP contribution in [0.2, 0.25) is 0 Å². The molecule has 2 aliphatic heterocycles. The van der Waals surface area contributed by atoms with Crippen LogP contribution in [0.5, 0.6) is 0 Å². The van der Waals surface area contributed by atoms with Crippen molar-refractivity contribution in [1.29, 1.82) is 0 Å². The molecule has 0 bridgehead atoms. The average Bonchev–Trinajstić information content (AvgIpc) is 2.51.